The second-order valence-electron chi connectivity index (χ2n) is 2.51. The van der Waals surface area contributed by atoms with Crippen LogP contribution in [0.1, 0.15) is 5.56 Å². The summed E-state index contributed by atoms with van der Waals surface area (Å²) in [6.45, 7) is 0. The van der Waals surface area contributed by atoms with E-state index in [-0.39, 0.29) is 16.7 Å². The number of nitrogens with zero attached hydrogens (tertiary/aromatic N) is 2. The zero-order valence-corrected chi connectivity index (χ0v) is 6.91. The van der Waals surface area contributed by atoms with Crippen LogP contribution in [0.5, 0.6) is 0 Å². The van der Waals surface area contributed by atoms with E-state index in [2.05, 4.69) is 0 Å². The van der Waals surface area contributed by atoms with Gasteiger partial charge in [-0.3, -0.25) is 10.1 Å². The van der Waals surface area contributed by atoms with E-state index in [4.69, 9.17) is 15.3 Å². The van der Waals surface area contributed by atoms with Crippen molar-refractivity contribution in [2.24, 2.45) is 0 Å². The molecule has 7 heteroatoms. The number of nitriles is 1. The van der Waals surface area contributed by atoms with Gasteiger partial charge in [-0.05, 0) is 0 Å². The third-order valence-electron chi connectivity index (χ3n) is 1.65. The highest BCUT2D eigenvalue weighted by molar-refractivity contribution is 6.59. The molecule has 1 rings (SSSR count). The van der Waals surface area contributed by atoms with Gasteiger partial charge in [-0.25, -0.2) is 0 Å². The number of hydrogen-bond donors (Lipinski definition) is 2. The molecule has 0 bridgehead atoms. The van der Waals surface area contributed by atoms with Gasteiger partial charge in [-0.1, -0.05) is 6.07 Å². The molecule has 14 heavy (non-hydrogen) atoms. The molecule has 0 aliphatic carbocycles. The molecule has 1 aromatic rings. The first kappa shape index (κ1) is 10.2. The maximum atomic E-state index is 10.3. The van der Waals surface area contributed by atoms with Gasteiger partial charge in [0.25, 0.3) is 5.69 Å². The van der Waals surface area contributed by atoms with E-state index in [0.717, 1.165) is 18.2 Å². The predicted octanol–water partition coefficient (Wildman–Crippen LogP) is -0.854. The molecule has 2 N–H and O–H groups in total. The van der Waals surface area contributed by atoms with Crippen molar-refractivity contribution >= 4 is 18.3 Å². The highest BCUT2D eigenvalue weighted by Crippen LogP contribution is 2.10. The Balaban J connectivity index is 3.27. The third-order valence-corrected chi connectivity index (χ3v) is 1.65. The van der Waals surface area contributed by atoms with Crippen molar-refractivity contribution in [3.63, 3.8) is 0 Å². The van der Waals surface area contributed by atoms with Gasteiger partial charge in [0.05, 0.1) is 16.6 Å². The lowest BCUT2D eigenvalue weighted by atomic mass is 9.77. The first-order chi connectivity index (χ1) is 6.56. The molecule has 0 atom stereocenters. The smallest absolute Gasteiger partial charge is 0.423 e. The standard InChI is InChI=1S/C7H5BN2O4/c9-4-5-3-6(10(13)14)1-2-7(5)8(11)12/h1-3,11-12H. The van der Waals surface area contributed by atoms with E-state index in [9.17, 15) is 10.1 Å². The molecule has 0 unspecified atom stereocenters. The van der Waals surface area contributed by atoms with Crippen LogP contribution in [-0.2, 0) is 0 Å². The monoisotopic (exact) mass is 192 g/mol. The summed E-state index contributed by atoms with van der Waals surface area (Å²) in [6.07, 6.45) is 0. The van der Waals surface area contributed by atoms with Crippen molar-refractivity contribution in [2.75, 3.05) is 0 Å². The maximum absolute atomic E-state index is 10.3. The van der Waals surface area contributed by atoms with Crippen molar-refractivity contribution in [2.45, 2.75) is 0 Å². The molecule has 0 saturated carbocycles. The van der Waals surface area contributed by atoms with Gasteiger partial charge in [0, 0.05) is 17.6 Å². The fourth-order valence-electron chi connectivity index (χ4n) is 0.980. The molecule has 1 aromatic carbocycles. The van der Waals surface area contributed by atoms with Crippen LogP contribution < -0.4 is 5.46 Å². The van der Waals surface area contributed by atoms with Gasteiger partial charge < -0.3 is 10.0 Å². The summed E-state index contributed by atoms with van der Waals surface area (Å²) in [6, 6.07) is 4.89. The second kappa shape index (κ2) is 3.87. The van der Waals surface area contributed by atoms with Crippen LogP contribution in [0.4, 0.5) is 5.69 Å². The minimum absolute atomic E-state index is 0.0434. The Kier molecular flexibility index (Phi) is 2.81. The van der Waals surface area contributed by atoms with Crippen LogP contribution in [0.3, 0.4) is 0 Å². The zero-order valence-electron chi connectivity index (χ0n) is 6.91. The fourth-order valence-corrected chi connectivity index (χ4v) is 0.980. The number of non-ortho nitro benzene ring substituents is 1. The minimum atomic E-state index is -1.80. The number of benzene rings is 1. The Bertz CT molecular complexity index is 413. The van der Waals surface area contributed by atoms with Gasteiger partial charge in [-0.15, -0.1) is 0 Å². The van der Waals surface area contributed by atoms with Crippen LogP contribution in [0, 0.1) is 21.4 Å². The summed E-state index contributed by atoms with van der Waals surface area (Å²) in [5.74, 6) is 0. The van der Waals surface area contributed by atoms with Crippen molar-refractivity contribution in [1.29, 1.82) is 5.26 Å². The van der Waals surface area contributed by atoms with Gasteiger partial charge >= 0.3 is 7.12 Å². The van der Waals surface area contributed by atoms with Gasteiger partial charge in [-0.2, -0.15) is 5.26 Å². The second-order valence-corrected chi connectivity index (χ2v) is 2.51. The van der Waals surface area contributed by atoms with Crippen molar-refractivity contribution < 1.29 is 15.0 Å². The molecule has 0 radical (unpaired) electrons. The largest absolute Gasteiger partial charge is 0.489 e. The Morgan fingerprint density at radius 1 is 1.50 bits per heavy atom. The lowest BCUT2D eigenvalue weighted by Gasteiger charge is -2.00. The van der Waals surface area contributed by atoms with E-state index in [1.807, 2.05) is 0 Å². The normalized spacial score (nSPS) is 9.21. The van der Waals surface area contributed by atoms with Crippen LogP contribution in [0.15, 0.2) is 18.2 Å². The lowest BCUT2D eigenvalue weighted by molar-refractivity contribution is -0.384. The van der Waals surface area contributed by atoms with Crippen LogP contribution in [-0.4, -0.2) is 22.1 Å². The fraction of sp³-hybridized carbons (Fsp3) is 0. The molecular weight excluding hydrogens is 187 g/mol. The Morgan fingerprint density at radius 2 is 2.14 bits per heavy atom. The first-order valence-corrected chi connectivity index (χ1v) is 3.61. The molecule has 0 fully saturated rings. The molecule has 6 nitrogen and oxygen atoms in total. The molecule has 0 heterocycles. The molecule has 0 aromatic heterocycles. The Hall–Kier alpha value is -1.91. The summed E-state index contributed by atoms with van der Waals surface area (Å²) in [5.41, 5.74) is -0.418. The SMILES string of the molecule is N#Cc1cc([N+](=O)[O-])ccc1B(O)O. The van der Waals surface area contributed by atoms with Crippen molar-refractivity contribution in [3.8, 4) is 6.07 Å². The molecule has 0 saturated heterocycles. The minimum Gasteiger partial charge on any atom is -0.423 e. The molecular formula is C7H5BN2O4. The average molecular weight is 192 g/mol. The lowest BCUT2D eigenvalue weighted by Crippen LogP contribution is -2.32. The van der Waals surface area contributed by atoms with Gasteiger partial charge in [0.15, 0.2) is 0 Å². The summed E-state index contributed by atoms with van der Waals surface area (Å²) in [4.78, 5) is 9.66. The number of hydrogen-bond acceptors (Lipinski definition) is 5. The number of rotatable bonds is 2. The summed E-state index contributed by atoms with van der Waals surface area (Å²) in [5, 5.41) is 36.5. The summed E-state index contributed by atoms with van der Waals surface area (Å²) < 4.78 is 0. The number of nitro benzene ring substituents is 1. The molecule has 0 aliphatic rings. The van der Waals surface area contributed by atoms with E-state index in [1.165, 1.54) is 0 Å². The van der Waals surface area contributed by atoms with Crippen LogP contribution in [0.2, 0.25) is 0 Å². The van der Waals surface area contributed by atoms with Gasteiger partial charge in [0.1, 0.15) is 0 Å². The van der Waals surface area contributed by atoms with Crippen LogP contribution in [0.25, 0.3) is 0 Å². The molecule has 0 spiro atoms. The van der Waals surface area contributed by atoms with E-state index < -0.39 is 12.0 Å². The number of nitro groups is 1. The van der Waals surface area contributed by atoms with E-state index in [0.29, 0.717) is 0 Å². The predicted molar refractivity (Wildman–Crippen MR) is 47.6 cm³/mol. The summed E-state index contributed by atoms with van der Waals surface area (Å²) >= 11 is 0. The summed E-state index contributed by atoms with van der Waals surface area (Å²) in [7, 11) is -1.80. The quantitative estimate of drug-likeness (QED) is 0.360. The Labute approximate surface area is 79.3 Å². The molecule has 0 amide bonds. The van der Waals surface area contributed by atoms with Gasteiger partial charge in [0.2, 0.25) is 0 Å². The zero-order chi connectivity index (χ0) is 10.7. The van der Waals surface area contributed by atoms with E-state index in [1.54, 1.807) is 6.07 Å². The first-order valence-electron chi connectivity index (χ1n) is 3.61. The highest BCUT2D eigenvalue weighted by atomic mass is 16.6. The molecule has 0 aliphatic heterocycles. The van der Waals surface area contributed by atoms with E-state index >= 15 is 0 Å². The molecule has 70 valence electrons. The topological polar surface area (TPSA) is 107 Å². The van der Waals surface area contributed by atoms with Crippen molar-refractivity contribution in [1.82, 2.24) is 0 Å². The van der Waals surface area contributed by atoms with Crippen molar-refractivity contribution in [3.05, 3.63) is 33.9 Å². The maximum Gasteiger partial charge on any atom is 0.489 e. The average Bonchev–Trinajstić information content (AvgIpc) is 2.16. The highest BCUT2D eigenvalue weighted by Gasteiger charge is 2.18. The van der Waals surface area contributed by atoms with Crippen LogP contribution >= 0.6 is 0 Å². The third kappa shape index (κ3) is 1.88. The Morgan fingerprint density at radius 3 is 2.57 bits per heavy atom.